The van der Waals surface area contributed by atoms with Crippen LogP contribution in [0.5, 0.6) is 0 Å². The lowest BCUT2D eigenvalue weighted by Crippen LogP contribution is -2.43. The average Bonchev–Trinajstić information content (AvgIpc) is 3.24. The van der Waals surface area contributed by atoms with Crippen molar-refractivity contribution in [3.05, 3.63) is 43.8 Å². The van der Waals surface area contributed by atoms with E-state index in [0.717, 1.165) is 25.7 Å². The number of hydrogen-bond acceptors (Lipinski definition) is 6. The molecule has 1 aliphatic rings. The topological polar surface area (TPSA) is 84.5 Å². The van der Waals surface area contributed by atoms with Crippen LogP contribution in [-0.2, 0) is 22.4 Å². The number of rotatable bonds is 4. The van der Waals surface area contributed by atoms with Gasteiger partial charge >= 0.3 is 5.97 Å². The molecular formula is C17H18N2O4S2. The van der Waals surface area contributed by atoms with E-state index in [4.69, 9.17) is 4.74 Å². The summed E-state index contributed by atoms with van der Waals surface area (Å²) in [5.41, 5.74) is 5.73. The Bertz CT molecular complexity index is 744. The maximum absolute atomic E-state index is 12.1. The minimum absolute atomic E-state index is 0.406. The van der Waals surface area contributed by atoms with Gasteiger partial charge in [0.15, 0.2) is 6.61 Å². The van der Waals surface area contributed by atoms with Gasteiger partial charge in [0.2, 0.25) is 0 Å². The first kappa shape index (κ1) is 17.6. The minimum Gasteiger partial charge on any atom is -0.451 e. The van der Waals surface area contributed by atoms with E-state index in [1.807, 2.05) is 6.07 Å². The summed E-state index contributed by atoms with van der Waals surface area (Å²) in [4.78, 5) is 37.7. The molecule has 0 saturated heterocycles. The Morgan fingerprint density at radius 1 is 1.08 bits per heavy atom. The van der Waals surface area contributed by atoms with Crippen LogP contribution in [0, 0.1) is 0 Å². The standard InChI is InChI=1S/C17H18N2O4S2/c20-15(18-19-16(21)13-7-4-8-24-13)10-23-17(22)14-9-11-5-2-1-3-6-12(11)25-14/h4,7-9H,1-3,5-6,10H2,(H,18,20)(H,19,21). The Morgan fingerprint density at radius 2 is 1.92 bits per heavy atom. The molecule has 0 aromatic carbocycles. The number of carbonyl (C=O) groups is 3. The van der Waals surface area contributed by atoms with Gasteiger partial charge in [-0.2, -0.15) is 0 Å². The van der Waals surface area contributed by atoms with Crippen LogP contribution >= 0.6 is 22.7 Å². The monoisotopic (exact) mass is 378 g/mol. The van der Waals surface area contributed by atoms with E-state index in [2.05, 4.69) is 10.9 Å². The van der Waals surface area contributed by atoms with Crippen LogP contribution in [0.4, 0.5) is 0 Å². The Kier molecular flexibility index (Phi) is 5.83. The fourth-order valence-corrected chi connectivity index (χ4v) is 4.37. The Hall–Kier alpha value is -2.19. The molecule has 0 spiro atoms. The van der Waals surface area contributed by atoms with Crippen molar-refractivity contribution in [2.24, 2.45) is 0 Å². The molecule has 2 N–H and O–H groups in total. The van der Waals surface area contributed by atoms with Gasteiger partial charge in [-0.05, 0) is 48.8 Å². The number of ether oxygens (including phenoxy) is 1. The number of hydrazine groups is 1. The lowest BCUT2D eigenvalue weighted by Gasteiger charge is -2.06. The maximum atomic E-state index is 12.1. The van der Waals surface area contributed by atoms with Crippen LogP contribution in [0.15, 0.2) is 23.6 Å². The Morgan fingerprint density at radius 3 is 2.72 bits per heavy atom. The van der Waals surface area contributed by atoms with Crippen LogP contribution in [0.1, 0.15) is 49.0 Å². The van der Waals surface area contributed by atoms with E-state index in [0.29, 0.717) is 9.75 Å². The molecule has 0 radical (unpaired) electrons. The molecule has 2 heterocycles. The summed E-state index contributed by atoms with van der Waals surface area (Å²) >= 11 is 2.72. The average molecular weight is 378 g/mol. The maximum Gasteiger partial charge on any atom is 0.348 e. The molecule has 6 nitrogen and oxygen atoms in total. The van der Waals surface area contributed by atoms with E-state index in [9.17, 15) is 14.4 Å². The number of aryl methyl sites for hydroxylation is 2. The van der Waals surface area contributed by atoms with Gasteiger partial charge in [-0.15, -0.1) is 22.7 Å². The number of fused-ring (bicyclic) bond motifs is 1. The molecule has 132 valence electrons. The molecule has 1 aliphatic carbocycles. The SMILES string of the molecule is O=C(COC(=O)c1cc2c(s1)CCCCC2)NNC(=O)c1cccs1. The van der Waals surface area contributed by atoms with Crippen LogP contribution in [0.2, 0.25) is 0 Å². The molecule has 2 aromatic rings. The number of amides is 2. The largest absolute Gasteiger partial charge is 0.451 e. The van der Waals surface area contributed by atoms with Crippen molar-refractivity contribution in [2.45, 2.75) is 32.1 Å². The molecule has 25 heavy (non-hydrogen) atoms. The van der Waals surface area contributed by atoms with Crippen molar-refractivity contribution in [2.75, 3.05) is 6.61 Å². The zero-order valence-corrected chi connectivity index (χ0v) is 15.1. The molecule has 3 rings (SSSR count). The predicted molar refractivity (Wildman–Crippen MR) is 95.8 cm³/mol. The van der Waals surface area contributed by atoms with Gasteiger partial charge in [0, 0.05) is 4.88 Å². The highest BCUT2D eigenvalue weighted by molar-refractivity contribution is 7.14. The van der Waals surface area contributed by atoms with Gasteiger partial charge in [-0.3, -0.25) is 20.4 Å². The smallest absolute Gasteiger partial charge is 0.348 e. The Labute approximate surface area is 153 Å². The second kappa shape index (κ2) is 8.26. The number of esters is 1. The lowest BCUT2D eigenvalue weighted by molar-refractivity contribution is -0.125. The third kappa shape index (κ3) is 4.67. The summed E-state index contributed by atoms with van der Waals surface area (Å²) in [6, 6.07) is 5.27. The van der Waals surface area contributed by atoms with Gasteiger partial charge < -0.3 is 4.74 Å². The van der Waals surface area contributed by atoms with Gasteiger partial charge in [0.05, 0.1) is 4.88 Å². The highest BCUT2D eigenvalue weighted by Gasteiger charge is 2.18. The Balaban J connectivity index is 1.45. The van der Waals surface area contributed by atoms with E-state index < -0.39 is 24.4 Å². The second-order valence-electron chi connectivity index (χ2n) is 5.68. The second-order valence-corrected chi connectivity index (χ2v) is 7.76. The zero-order chi connectivity index (χ0) is 17.6. The third-order valence-corrected chi connectivity index (χ3v) is 5.93. The molecule has 8 heteroatoms. The van der Waals surface area contributed by atoms with Gasteiger partial charge in [0.1, 0.15) is 4.88 Å². The first-order chi connectivity index (χ1) is 12.1. The summed E-state index contributed by atoms with van der Waals surface area (Å²) in [6.07, 6.45) is 5.51. The summed E-state index contributed by atoms with van der Waals surface area (Å²) < 4.78 is 5.03. The van der Waals surface area contributed by atoms with Crippen LogP contribution < -0.4 is 10.9 Å². The third-order valence-electron chi connectivity index (χ3n) is 3.84. The summed E-state index contributed by atoms with van der Waals surface area (Å²) in [6.45, 7) is -0.438. The number of hydrogen-bond donors (Lipinski definition) is 2. The first-order valence-corrected chi connectivity index (χ1v) is 9.74. The van der Waals surface area contributed by atoms with Gasteiger partial charge in [0.25, 0.3) is 11.8 Å². The van der Waals surface area contributed by atoms with E-state index in [-0.39, 0.29) is 0 Å². The predicted octanol–water partition coefficient (Wildman–Crippen LogP) is 2.70. The van der Waals surface area contributed by atoms with Crippen molar-refractivity contribution in [1.29, 1.82) is 0 Å². The van der Waals surface area contributed by atoms with Crippen molar-refractivity contribution < 1.29 is 19.1 Å². The van der Waals surface area contributed by atoms with E-state index in [1.54, 1.807) is 17.5 Å². The van der Waals surface area contributed by atoms with Gasteiger partial charge in [-0.1, -0.05) is 12.5 Å². The molecule has 0 fully saturated rings. The summed E-state index contributed by atoms with van der Waals surface area (Å²) in [5, 5.41) is 1.76. The molecule has 2 aromatic heterocycles. The lowest BCUT2D eigenvalue weighted by atomic mass is 10.1. The van der Waals surface area contributed by atoms with Crippen molar-refractivity contribution in [3.8, 4) is 0 Å². The normalized spacial score (nSPS) is 13.4. The number of thiophene rings is 2. The van der Waals surface area contributed by atoms with Crippen molar-refractivity contribution in [3.63, 3.8) is 0 Å². The van der Waals surface area contributed by atoms with Crippen molar-refractivity contribution in [1.82, 2.24) is 10.9 Å². The highest BCUT2D eigenvalue weighted by Crippen LogP contribution is 2.29. The minimum atomic E-state index is -0.587. The molecule has 0 aliphatic heterocycles. The first-order valence-electron chi connectivity index (χ1n) is 8.05. The number of nitrogens with one attached hydrogen (secondary N) is 2. The van der Waals surface area contributed by atoms with E-state index >= 15 is 0 Å². The molecule has 0 saturated carbocycles. The molecule has 0 unspecified atom stereocenters. The highest BCUT2D eigenvalue weighted by atomic mass is 32.1. The summed E-state index contributed by atoms with van der Waals surface area (Å²) in [7, 11) is 0. The fourth-order valence-electron chi connectivity index (χ4n) is 2.60. The zero-order valence-electron chi connectivity index (χ0n) is 13.5. The van der Waals surface area contributed by atoms with E-state index in [1.165, 1.54) is 39.5 Å². The molecular weight excluding hydrogens is 360 g/mol. The quantitative estimate of drug-likeness (QED) is 0.487. The van der Waals surface area contributed by atoms with Crippen molar-refractivity contribution >= 4 is 40.5 Å². The molecule has 0 atom stereocenters. The van der Waals surface area contributed by atoms with Gasteiger partial charge in [-0.25, -0.2) is 4.79 Å². The van der Waals surface area contributed by atoms with Crippen LogP contribution in [0.3, 0.4) is 0 Å². The summed E-state index contributed by atoms with van der Waals surface area (Å²) in [5.74, 6) is -1.49. The molecule has 2 amide bonds. The fraction of sp³-hybridized carbons (Fsp3) is 0.353. The number of carbonyl (C=O) groups excluding carboxylic acids is 3. The van der Waals surface area contributed by atoms with Crippen LogP contribution in [0.25, 0.3) is 0 Å². The van der Waals surface area contributed by atoms with Crippen LogP contribution in [-0.4, -0.2) is 24.4 Å². The molecule has 0 bridgehead atoms.